The van der Waals surface area contributed by atoms with Crippen LogP contribution in [0.3, 0.4) is 0 Å². The molecule has 0 unspecified atom stereocenters. The predicted octanol–water partition coefficient (Wildman–Crippen LogP) is 1.65. The highest BCUT2D eigenvalue weighted by Crippen LogP contribution is 2.15. The van der Waals surface area contributed by atoms with E-state index in [0.29, 0.717) is 11.4 Å². The van der Waals surface area contributed by atoms with E-state index in [1.165, 1.54) is 4.31 Å². The van der Waals surface area contributed by atoms with Crippen LogP contribution < -0.4 is 5.32 Å². The lowest BCUT2D eigenvalue weighted by atomic mass is 10.1. The van der Waals surface area contributed by atoms with Crippen LogP contribution in [0.4, 0.5) is 0 Å². The molecule has 0 heterocycles. The molecular weight excluding hydrogens is 260 g/mol. The molecule has 1 aromatic rings. The Bertz CT molecular complexity index is 495. The molecule has 0 aromatic heterocycles. The highest BCUT2D eigenvalue weighted by atomic mass is 32.2. The summed E-state index contributed by atoms with van der Waals surface area (Å²) in [6, 6.07) is 7.06. The molecule has 0 aliphatic carbocycles. The molecule has 1 rings (SSSR count). The van der Waals surface area contributed by atoms with Crippen molar-refractivity contribution in [2.75, 3.05) is 26.7 Å². The Morgan fingerprint density at radius 3 is 2.47 bits per heavy atom. The molecule has 0 atom stereocenters. The Labute approximate surface area is 116 Å². The van der Waals surface area contributed by atoms with Crippen molar-refractivity contribution in [3.05, 3.63) is 42.5 Å². The fraction of sp³-hybridized carbons (Fsp3) is 0.429. The summed E-state index contributed by atoms with van der Waals surface area (Å²) >= 11 is 0. The number of rotatable bonds is 8. The van der Waals surface area contributed by atoms with Gasteiger partial charge in [-0.1, -0.05) is 25.1 Å². The van der Waals surface area contributed by atoms with Crippen LogP contribution in [0, 0.1) is 0 Å². The van der Waals surface area contributed by atoms with Crippen molar-refractivity contribution in [1.29, 1.82) is 0 Å². The van der Waals surface area contributed by atoms with Crippen molar-refractivity contribution in [2.24, 2.45) is 0 Å². The molecule has 0 bridgehead atoms. The molecule has 0 radical (unpaired) electrons. The van der Waals surface area contributed by atoms with Crippen molar-refractivity contribution < 1.29 is 8.42 Å². The average molecular weight is 282 g/mol. The molecule has 0 aliphatic heterocycles. The van der Waals surface area contributed by atoms with Crippen LogP contribution in [0.1, 0.15) is 12.5 Å². The zero-order valence-electron chi connectivity index (χ0n) is 11.6. The summed E-state index contributed by atoms with van der Waals surface area (Å²) in [6.45, 7) is 7.77. The Morgan fingerprint density at radius 1 is 1.32 bits per heavy atom. The van der Waals surface area contributed by atoms with E-state index in [2.05, 4.69) is 18.8 Å². The molecule has 0 aliphatic rings. The van der Waals surface area contributed by atoms with Gasteiger partial charge in [0.05, 0.1) is 4.90 Å². The minimum atomic E-state index is -3.40. The fourth-order valence-electron chi connectivity index (χ4n) is 1.70. The van der Waals surface area contributed by atoms with Crippen LogP contribution in [0.15, 0.2) is 41.8 Å². The van der Waals surface area contributed by atoms with E-state index in [9.17, 15) is 8.42 Å². The maximum atomic E-state index is 12.2. The number of sulfonamides is 1. The van der Waals surface area contributed by atoms with Gasteiger partial charge in [0.25, 0.3) is 0 Å². The van der Waals surface area contributed by atoms with Gasteiger partial charge in [-0.25, -0.2) is 8.42 Å². The number of likely N-dealkylation sites (N-methyl/N-ethyl adjacent to an activating group) is 2. The lowest BCUT2D eigenvalue weighted by Gasteiger charge is -2.15. The Morgan fingerprint density at radius 2 is 1.95 bits per heavy atom. The van der Waals surface area contributed by atoms with Gasteiger partial charge in [0.2, 0.25) is 10.0 Å². The van der Waals surface area contributed by atoms with Gasteiger partial charge in [0.1, 0.15) is 0 Å². The van der Waals surface area contributed by atoms with E-state index >= 15 is 0 Å². The second kappa shape index (κ2) is 7.43. The van der Waals surface area contributed by atoms with Gasteiger partial charge in [0, 0.05) is 13.6 Å². The van der Waals surface area contributed by atoms with Gasteiger partial charge in [-0.2, -0.15) is 4.31 Å². The lowest BCUT2D eigenvalue weighted by Crippen LogP contribution is -2.26. The topological polar surface area (TPSA) is 49.4 Å². The summed E-state index contributed by atoms with van der Waals surface area (Å²) < 4.78 is 25.6. The molecule has 1 aromatic carbocycles. The quantitative estimate of drug-likeness (QED) is 0.582. The monoisotopic (exact) mass is 282 g/mol. The molecule has 0 fully saturated rings. The van der Waals surface area contributed by atoms with E-state index in [1.54, 1.807) is 25.3 Å². The molecule has 0 amide bonds. The van der Waals surface area contributed by atoms with E-state index in [1.807, 2.05) is 12.1 Å². The molecule has 19 heavy (non-hydrogen) atoms. The van der Waals surface area contributed by atoms with Crippen LogP contribution in [0.5, 0.6) is 0 Å². The highest BCUT2D eigenvalue weighted by molar-refractivity contribution is 7.89. The zero-order chi connectivity index (χ0) is 14.3. The summed E-state index contributed by atoms with van der Waals surface area (Å²) in [5, 5.41) is 3.24. The smallest absolute Gasteiger partial charge is 0.243 e. The number of nitrogens with one attached hydrogen (secondary N) is 1. The zero-order valence-corrected chi connectivity index (χ0v) is 12.4. The predicted molar refractivity (Wildman–Crippen MR) is 78.7 cm³/mol. The molecule has 0 spiro atoms. The summed E-state index contributed by atoms with van der Waals surface area (Å²) in [6.07, 6.45) is 2.47. The lowest BCUT2D eigenvalue weighted by molar-refractivity contribution is 0.499. The van der Waals surface area contributed by atoms with E-state index in [4.69, 9.17) is 0 Å². The summed E-state index contributed by atoms with van der Waals surface area (Å²) in [5.41, 5.74) is 1.13. The number of nitrogens with zero attached hydrogens (tertiary/aromatic N) is 1. The Kier molecular flexibility index (Phi) is 6.21. The standard InChI is InChI=1S/C14H22N2O2S/c1-4-12-16(3)19(17,18)14-8-6-13(7-9-14)10-11-15-5-2/h4,6-9,15H,1,5,10-12H2,2-3H3. The van der Waals surface area contributed by atoms with E-state index in [0.717, 1.165) is 25.1 Å². The van der Waals surface area contributed by atoms with Crippen LogP contribution in [-0.2, 0) is 16.4 Å². The second-order valence-electron chi connectivity index (χ2n) is 4.32. The largest absolute Gasteiger partial charge is 0.317 e. The van der Waals surface area contributed by atoms with Crippen molar-refractivity contribution >= 4 is 10.0 Å². The fourth-order valence-corrected chi connectivity index (χ4v) is 2.84. The van der Waals surface area contributed by atoms with Gasteiger partial charge >= 0.3 is 0 Å². The van der Waals surface area contributed by atoms with Crippen molar-refractivity contribution in [3.8, 4) is 0 Å². The van der Waals surface area contributed by atoms with Gasteiger partial charge in [-0.05, 0) is 37.2 Å². The third-order valence-corrected chi connectivity index (χ3v) is 4.70. The first kappa shape index (κ1) is 15.9. The van der Waals surface area contributed by atoms with Crippen molar-refractivity contribution in [1.82, 2.24) is 9.62 Å². The molecule has 5 heteroatoms. The minimum Gasteiger partial charge on any atom is -0.317 e. The Balaban J connectivity index is 2.77. The van der Waals surface area contributed by atoms with Gasteiger partial charge in [-0.3, -0.25) is 0 Å². The average Bonchev–Trinajstić information content (AvgIpc) is 2.40. The number of hydrogen-bond acceptors (Lipinski definition) is 3. The maximum absolute atomic E-state index is 12.2. The summed E-state index contributed by atoms with van der Waals surface area (Å²) in [7, 11) is -1.84. The Hall–Kier alpha value is -1.17. The normalized spacial score (nSPS) is 11.7. The molecule has 4 nitrogen and oxygen atoms in total. The number of hydrogen-bond donors (Lipinski definition) is 1. The minimum absolute atomic E-state index is 0.310. The van der Waals surface area contributed by atoms with Gasteiger partial charge < -0.3 is 5.32 Å². The van der Waals surface area contributed by atoms with Crippen LogP contribution in [0.25, 0.3) is 0 Å². The van der Waals surface area contributed by atoms with Gasteiger partial charge in [-0.15, -0.1) is 6.58 Å². The summed E-state index contributed by atoms with van der Waals surface area (Å²) in [5.74, 6) is 0. The highest BCUT2D eigenvalue weighted by Gasteiger charge is 2.19. The van der Waals surface area contributed by atoms with Crippen LogP contribution in [0.2, 0.25) is 0 Å². The maximum Gasteiger partial charge on any atom is 0.243 e. The second-order valence-corrected chi connectivity index (χ2v) is 6.37. The molecule has 1 N–H and O–H groups in total. The van der Waals surface area contributed by atoms with Gasteiger partial charge in [0.15, 0.2) is 0 Å². The third kappa shape index (κ3) is 4.45. The molecular formula is C14H22N2O2S. The van der Waals surface area contributed by atoms with Crippen molar-refractivity contribution in [3.63, 3.8) is 0 Å². The first-order chi connectivity index (χ1) is 9.02. The van der Waals surface area contributed by atoms with E-state index in [-0.39, 0.29) is 0 Å². The first-order valence-corrected chi connectivity index (χ1v) is 7.83. The molecule has 0 saturated carbocycles. The first-order valence-electron chi connectivity index (χ1n) is 6.39. The van der Waals surface area contributed by atoms with Crippen LogP contribution in [-0.4, -0.2) is 39.4 Å². The number of benzene rings is 1. The molecule has 0 saturated heterocycles. The van der Waals surface area contributed by atoms with Crippen LogP contribution >= 0.6 is 0 Å². The third-order valence-electron chi connectivity index (χ3n) is 2.86. The molecule has 106 valence electrons. The SMILES string of the molecule is C=CCN(C)S(=O)(=O)c1ccc(CCNCC)cc1. The van der Waals surface area contributed by atoms with E-state index < -0.39 is 10.0 Å². The van der Waals surface area contributed by atoms with Crippen molar-refractivity contribution in [2.45, 2.75) is 18.2 Å². The summed E-state index contributed by atoms with van der Waals surface area (Å²) in [4.78, 5) is 0.323.